The lowest BCUT2D eigenvalue weighted by molar-refractivity contribution is 0.701. The first-order valence-electron chi connectivity index (χ1n) is 11.8. The Kier molecular flexibility index (Phi) is 3.66. The van der Waals surface area contributed by atoms with Crippen LogP contribution in [-0.2, 0) is 0 Å². The number of nitrogens with zero attached hydrogens (tertiary/aromatic N) is 5. The molecule has 3 aromatic carbocycles. The maximum Gasteiger partial charge on any atom is 0.148 e. The van der Waals surface area contributed by atoms with Gasteiger partial charge in [-0.3, -0.25) is 19.1 Å². The van der Waals surface area contributed by atoms with E-state index < -0.39 is 0 Å². The first kappa shape index (κ1) is 18.6. The molecule has 1 unspecified atom stereocenters. The van der Waals surface area contributed by atoms with E-state index in [0.717, 1.165) is 54.9 Å². The van der Waals surface area contributed by atoms with E-state index in [0.29, 0.717) is 0 Å². The summed E-state index contributed by atoms with van der Waals surface area (Å²) in [5, 5.41) is 5.51. The molecule has 1 aliphatic heterocycles. The highest BCUT2D eigenvalue weighted by Crippen LogP contribution is 2.37. The Bertz CT molecular complexity index is 2030. The predicted molar refractivity (Wildman–Crippen MR) is 140 cm³/mol. The van der Waals surface area contributed by atoms with Gasteiger partial charge in [-0.15, -0.1) is 0 Å². The van der Waals surface area contributed by atoms with Gasteiger partial charge >= 0.3 is 0 Å². The van der Waals surface area contributed by atoms with E-state index in [1.165, 1.54) is 5.39 Å². The van der Waals surface area contributed by atoms with Gasteiger partial charge in [0.25, 0.3) is 0 Å². The maximum absolute atomic E-state index is 5.34. The van der Waals surface area contributed by atoms with Gasteiger partial charge in [-0.05, 0) is 53.8 Å². The molecule has 8 rings (SSSR count). The van der Waals surface area contributed by atoms with Crippen LogP contribution in [0.5, 0.6) is 0 Å². The zero-order valence-electron chi connectivity index (χ0n) is 18.7. The highest BCUT2D eigenvalue weighted by Gasteiger charge is 2.23. The van der Waals surface area contributed by atoms with Gasteiger partial charge < -0.3 is 0 Å². The second-order valence-electron chi connectivity index (χ2n) is 8.93. The quantitative estimate of drug-likeness (QED) is 0.360. The molecule has 0 radical (unpaired) electrons. The van der Waals surface area contributed by atoms with Crippen molar-refractivity contribution in [3.8, 4) is 5.69 Å². The molecule has 0 saturated heterocycles. The van der Waals surface area contributed by atoms with Crippen LogP contribution in [-0.4, -0.2) is 19.1 Å². The van der Waals surface area contributed by atoms with E-state index in [1.54, 1.807) is 0 Å². The molecule has 4 aromatic heterocycles. The Hall–Kier alpha value is -4.77. The number of para-hydroxylation sites is 3. The fourth-order valence-electron chi connectivity index (χ4n) is 5.47. The monoisotopic (exact) mass is 449 g/mol. The standard InChI is InChI=1S/C30H19N5/c1-2-10-20(11-3-1)34-25-14-7-5-12-21(25)22-18-23-28-26(15-8-16-31-28)35(30(23)33-29(22)34)27-17-19-9-4-6-13-24(19)32-27/h1-18,27H. The second kappa shape index (κ2) is 6.87. The molecule has 1 atom stereocenters. The van der Waals surface area contributed by atoms with Crippen molar-refractivity contribution in [2.24, 2.45) is 4.99 Å². The van der Waals surface area contributed by atoms with Crippen molar-refractivity contribution in [1.82, 2.24) is 19.1 Å². The van der Waals surface area contributed by atoms with Gasteiger partial charge in [0, 0.05) is 28.0 Å². The zero-order valence-corrected chi connectivity index (χ0v) is 18.7. The lowest BCUT2D eigenvalue weighted by atomic mass is 10.1. The number of hydrogen-bond donors (Lipinski definition) is 0. The molecule has 5 heterocycles. The Morgan fingerprint density at radius 2 is 1.46 bits per heavy atom. The molecule has 0 bridgehead atoms. The first-order valence-corrected chi connectivity index (χ1v) is 11.8. The van der Waals surface area contributed by atoms with Crippen molar-refractivity contribution in [1.29, 1.82) is 0 Å². The van der Waals surface area contributed by atoms with Crippen LogP contribution in [0.3, 0.4) is 0 Å². The fourth-order valence-corrected chi connectivity index (χ4v) is 5.47. The third kappa shape index (κ3) is 2.55. The van der Waals surface area contributed by atoms with Gasteiger partial charge in [-0.25, -0.2) is 4.98 Å². The van der Waals surface area contributed by atoms with E-state index in [4.69, 9.17) is 15.0 Å². The van der Waals surface area contributed by atoms with Crippen LogP contribution in [0.1, 0.15) is 6.17 Å². The van der Waals surface area contributed by atoms with Crippen molar-refractivity contribution in [3.63, 3.8) is 0 Å². The highest BCUT2D eigenvalue weighted by atomic mass is 15.2. The molecule has 7 aromatic rings. The van der Waals surface area contributed by atoms with E-state index in [-0.39, 0.29) is 6.17 Å². The van der Waals surface area contributed by atoms with Crippen LogP contribution in [0, 0.1) is 0 Å². The Morgan fingerprint density at radius 1 is 0.657 bits per heavy atom. The SMILES string of the molecule is C1=c2ccccc2=NC1n1c2cccnc2c2cc3c4ccccc4n(-c4ccccc4)c3nc21. The molecule has 164 valence electrons. The van der Waals surface area contributed by atoms with E-state index >= 15 is 0 Å². The largest absolute Gasteiger partial charge is 0.297 e. The summed E-state index contributed by atoms with van der Waals surface area (Å²) in [7, 11) is 0. The molecule has 0 N–H and O–H groups in total. The van der Waals surface area contributed by atoms with Crippen LogP contribution < -0.4 is 10.6 Å². The summed E-state index contributed by atoms with van der Waals surface area (Å²) in [4.78, 5) is 15.2. The van der Waals surface area contributed by atoms with Crippen molar-refractivity contribution in [2.75, 3.05) is 0 Å². The van der Waals surface area contributed by atoms with Gasteiger partial charge in [-0.1, -0.05) is 54.6 Å². The average Bonchev–Trinajstić information content (AvgIpc) is 3.57. The number of rotatable bonds is 2. The van der Waals surface area contributed by atoms with E-state index in [9.17, 15) is 0 Å². The summed E-state index contributed by atoms with van der Waals surface area (Å²) in [5.74, 6) is 0. The Balaban J connectivity index is 1.54. The number of benzene rings is 3. The van der Waals surface area contributed by atoms with Crippen molar-refractivity contribution in [3.05, 3.63) is 114 Å². The lowest BCUT2D eigenvalue weighted by Gasteiger charge is -2.11. The minimum atomic E-state index is -0.170. The molecule has 5 heteroatoms. The third-order valence-corrected chi connectivity index (χ3v) is 6.97. The highest BCUT2D eigenvalue weighted by molar-refractivity contribution is 6.15. The van der Waals surface area contributed by atoms with Crippen molar-refractivity contribution < 1.29 is 0 Å². The zero-order chi connectivity index (χ0) is 22.9. The van der Waals surface area contributed by atoms with Gasteiger partial charge in [0.05, 0.1) is 21.9 Å². The van der Waals surface area contributed by atoms with Crippen molar-refractivity contribution >= 4 is 50.1 Å². The summed E-state index contributed by atoms with van der Waals surface area (Å²) >= 11 is 0. The summed E-state index contributed by atoms with van der Waals surface area (Å²) in [5.41, 5.74) is 6.05. The van der Waals surface area contributed by atoms with Gasteiger partial charge in [0.2, 0.25) is 0 Å². The smallest absolute Gasteiger partial charge is 0.148 e. The molecular weight excluding hydrogens is 430 g/mol. The predicted octanol–water partition coefficient (Wildman–Crippen LogP) is 5.29. The summed E-state index contributed by atoms with van der Waals surface area (Å²) in [6, 6.07) is 33.6. The molecule has 0 fully saturated rings. The number of pyridine rings is 2. The van der Waals surface area contributed by atoms with Crippen LogP contribution in [0.25, 0.3) is 55.8 Å². The Morgan fingerprint density at radius 3 is 2.37 bits per heavy atom. The minimum absolute atomic E-state index is 0.170. The van der Waals surface area contributed by atoms with Crippen LogP contribution in [0.4, 0.5) is 0 Å². The molecule has 0 spiro atoms. The molecule has 0 aliphatic carbocycles. The molecule has 5 nitrogen and oxygen atoms in total. The van der Waals surface area contributed by atoms with Gasteiger partial charge in [0.15, 0.2) is 0 Å². The molecule has 0 amide bonds. The van der Waals surface area contributed by atoms with E-state index in [1.807, 2.05) is 24.4 Å². The molecule has 0 saturated carbocycles. The fraction of sp³-hybridized carbons (Fsp3) is 0.0333. The average molecular weight is 450 g/mol. The maximum atomic E-state index is 5.34. The third-order valence-electron chi connectivity index (χ3n) is 6.97. The molecular formula is C30H19N5. The van der Waals surface area contributed by atoms with Gasteiger partial charge in [0.1, 0.15) is 17.5 Å². The second-order valence-corrected chi connectivity index (χ2v) is 8.93. The normalized spacial score (nSPS) is 15.0. The Labute approximate surface area is 199 Å². The number of fused-ring (bicyclic) bond motifs is 7. The number of aromatic nitrogens is 4. The lowest BCUT2D eigenvalue weighted by Crippen LogP contribution is -2.19. The van der Waals surface area contributed by atoms with Crippen LogP contribution in [0.15, 0.2) is 108 Å². The van der Waals surface area contributed by atoms with Gasteiger partial charge in [-0.2, -0.15) is 0 Å². The first-order chi connectivity index (χ1) is 17.4. The number of hydrogen-bond acceptors (Lipinski definition) is 3. The minimum Gasteiger partial charge on any atom is -0.297 e. The molecule has 1 aliphatic rings. The summed E-state index contributed by atoms with van der Waals surface area (Å²) in [6.07, 6.45) is 3.89. The van der Waals surface area contributed by atoms with E-state index in [2.05, 4.69) is 94.1 Å². The molecule has 35 heavy (non-hydrogen) atoms. The summed E-state index contributed by atoms with van der Waals surface area (Å²) in [6.45, 7) is 0. The van der Waals surface area contributed by atoms with Crippen molar-refractivity contribution in [2.45, 2.75) is 6.17 Å². The van der Waals surface area contributed by atoms with Crippen LogP contribution in [0.2, 0.25) is 0 Å². The van der Waals surface area contributed by atoms with Crippen LogP contribution >= 0.6 is 0 Å². The topological polar surface area (TPSA) is 48.0 Å². The summed E-state index contributed by atoms with van der Waals surface area (Å²) < 4.78 is 4.48.